The fraction of sp³-hybridized carbons (Fsp3) is 0.286. The Hall–Kier alpha value is -3.15. The molecule has 2 aromatic carbocycles. The van der Waals surface area contributed by atoms with Gasteiger partial charge in [0.1, 0.15) is 30.2 Å². The summed E-state index contributed by atoms with van der Waals surface area (Å²) in [5, 5.41) is 68.8. The molecule has 1 heterocycles. The molecule has 0 saturated carbocycles. The van der Waals surface area contributed by atoms with Gasteiger partial charge in [0, 0.05) is 0 Å². The summed E-state index contributed by atoms with van der Waals surface area (Å²) in [6.07, 6.45) is -5.41. The van der Waals surface area contributed by atoms with Crippen molar-refractivity contribution < 1.29 is 50.0 Å². The van der Waals surface area contributed by atoms with Crippen molar-refractivity contribution in [1.82, 2.24) is 0 Å². The van der Waals surface area contributed by atoms with Crippen LogP contribution in [0.1, 0.15) is 15.9 Å². The van der Waals surface area contributed by atoms with E-state index in [0.29, 0.717) is 5.56 Å². The Morgan fingerprint density at radius 2 is 1.65 bits per heavy atom. The van der Waals surface area contributed by atoms with Crippen LogP contribution in [0.5, 0.6) is 23.0 Å². The molecule has 1 saturated heterocycles. The first-order valence-corrected chi connectivity index (χ1v) is 9.26. The third kappa shape index (κ3) is 4.79. The molecule has 1 fully saturated rings. The number of benzene rings is 2. The van der Waals surface area contributed by atoms with Crippen LogP contribution in [0, 0.1) is 0 Å². The fourth-order valence-electron chi connectivity index (χ4n) is 3.00. The number of hydrogen-bond acceptors (Lipinski definition) is 10. The molecule has 0 aliphatic carbocycles. The van der Waals surface area contributed by atoms with Gasteiger partial charge >= 0.3 is 0 Å². The van der Waals surface area contributed by atoms with Gasteiger partial charge in [0.25, 0.3) is 0 Å². The maximum Gasteiger partial charge on any atom is 0.229 e. The lowest BCUT2D eigenvalue weighted by Crippen LogP contribution is -2.60. The number of aromatic hydroxyl groups is 3. The molecule has 7 N–H and O–H groups in total. The van der Waals surface area contributed by atoms with Crippen LogP contribution in [-0.4, -0.2) is 78.8 Å². The number of phenolic OH excluding ortho intramolecular Hbond substituents is 3. The van der Waals surface area contributed by atoms with Crippen LogP contribution in [0.25, 0.3) is 6.08 Å². The highest BCUT2D eigenvalue weighted by molar-refractivity contribution is 6.09. The number of carbonyl (C=O) groups is 1. The van der Waals surface area contributed by atoms with E-state index in [1.807, 2.05) is 0 Å². The molecule has 0 spiro atoms. The van der Waals surface area contributed by atoms with Gasteiger partial charge in [-0.1, -0.05) is 18.2 Å². The minimum absolute atomic E-state index is 0.0645. The smallest absolute Gasteiger partial charge is 0.229 e. The van der Waals surface area contributed by atoms with Crippen LogP contribution in [-0.2, 0) is 4.74 Å². The molecule has 10 heteroatoms. The molecule has 10 nitrogen and oxygen atoms in total. The van der Waals surface area contributed by atoms with E-state index >= 15 is 0 Å². The second-order valence-electron chi connectivity index (χ2n) is 6.91. The number of allylic oxidation sites excluding steroid dienone is 1. The van der Waals surface area contributed by atoms with Crippen molar-refractivity contribution in [2.45, 2.75) is 30.7 Å². The number of rotatable bonds is 6. The predicted octanol–water partition coefficient (Wildman–Crippen LogP) is -0.122. The minimum Gasteiger partial charge on any atom is -0.508 e. The Morgan fingerprint density at radius 3 is 2.29 bits per heavy atom. The number of hydrogen-bond donors (Lipinski definition) is 7. The molecule has 0 bridgehead atoms. The average molecular weight is 434 g/mol. The highest BCUT2D eigenvalue weighted by atomic mass is 16.7. The topological polar surface area (TPSA) is 177 Å². The molecule has 5 unspecified atom stereocenters. The monoisotopic (exact) mass is 434 g/mol. The Bertz CT molecular complexity index is 953. The van der Waals surface area contributed by atoms with Gasteiger partial charge in [0.15, 0.2) is 17.3 Å². The Morgan fingerprint density at radius 1 is 0.968 bits per heavy atom. The highest BCUT2D eigenvalue weighted by Crippen LogP contribution is 2.40. The molecule has 1 aliphatic heterocycles. The summed E-state index contributed by atoms with van der Waals surface area (Å²) in [4.78, 5) is 12.5. The van der Waals surface area contributed by atoms with E-state index in [9.17, 15) is 40.5 Å². The van der Waals surface area contributed by atoms with Gasteiger partial charge < -0.3 is 45.2 Å². The van der Waals surface area contributed by atoms with Crippen molar-refractivity contribution in [3.63, 3.8) is 0 Å². The average Bonchev–Trinajstić information content (AvgIpc) is 2.76. The Kier molecular flexibility index (Phi) is 6.78. The molecule has 0 amide bonds. The lowest BCUT2D eigenvalue weighted by atomic mass is 9.99. The Balaban J connectivity index is 1.83. The lowest BCUT2D eigenvalue weighted by molar-refractivity contribution is -0.277. The summed E-state index contributed by atoms with van der Waals surface area (Å²) >= 11 is 0. The molecule has 2 aromatic rings. The highest BCUT2D eigenvalue weighted by Gasteiger charge is 2.45. The molecule has 0 radical (unpaired) electrons. The first-order chi connectivity index (χ1) is 14.7. The maximum atomic E-state index is 12.5. The number of aliphatic hydroxyl groups is 4. The third-order valence-corrected chi connectivity index (χ3v) is 4.78. The van der Waals surface area contributed by atoms with Gasteiger partial charge in [-0.2, -0.15) is 0 Å². The molecule has 0 aromatic heterocycles. The standard InChI is InChI=1S/C21H22O10/c22-9-15-17(27)18(28)19(29)21(30-15)31-20-14(25)8-6-12(16(20)26)13(24)7-3-10-1-4-11(23)5-2-10/h1-8,15,17-19,21-23,25-29H,9H2. The van der Waals surface area contributed by atoms with E-state index in [-0.39, 0.29) is 11.3 Å². The second-order valence-corrected chi connectivity index (χ2v) is 6.91. The SMILES string of the molecule is O=C(C=Cc1ccc(O)cc1)c1ccc(O)c(OC2OC(CO)C(O)C(O)C2O)c1O. The van der Waals surface area contributed by atoms with Crippen LogP contribution in [0.15, 0.2) is 42.5 Å². The summed E-state index contributed by atoms with van der Waals surface area (Å²) < 4.78 is 10.5. The van der Waals surface area contributed by atoms with Crippen LogP contribution >= 0.6 is 0 Å². The molecular weight excluding hydrogens is 412 g/mol. The second kappa shape index (κ2) is 9.33. The van der Waals surface area contributed by atoms with Crippen molar-refractivity contribution in [3.8, 4) is 23.0 Å². The van der Waals surface area contributed by atoms with E-state index in [4.69, 9.17) is 9.47 Å². The summed E-state index contributed by atoms with van der Waals surface area (Å²) in [5.41, 5.74) is 0.384. The lowest BCUT2D eigenvalue weighted by Gasteiger charge is -2.39. The first-order valence-electron chi connectivity index (χ1n) is 9.26. The van der Waals surface area contributed by atoms with Crippen molar-refractivity contribution >= 4 is 11.9 Å². The van der Waals surface area contributed by atoms with E-state index in [1.165, 1.54) is 18.2 Å². The van der Waals surface area contributed by atoms with Gasteiger partial charge in [-0.15, -0.1) is 0 Å². The molecule has 1 aliphatic rings. The van der Waals surface area contributed by atoms with Crippen molar-refractivity contribution in [3.05, 3.63) is 53.6 Å². The number of ketones is 1. The van der Waals surface area contributed by atoms with Crippen molar-refractivity contribution in [2.24, 2.45) is 0 Å². The number of aliphatic hydroxyl groups excluding tert-OH is 4. The van der Waals surface area contributed by atoms with Gasteiger partial charge in [0.2, 0.25) is 12.0 Å². The molecule has 166 valence electrons. The maximum absolute atomic E-state index is 12.5. The summed E-state index contributed by atoms with van der Waals surface area (Å²) in [6, 6.07) is 8.27. The normalized spacial score (nSPS) is 26.1. The van der Waals surface area contributed by atoms with Gasteiger partial charge in [0.05, 0.1) is 12.2 Å². The zero-order valence-electron chi connectivity index (χ0n) is 16.1. The predicted molar refractivity (Wildman–Crippen MR) is 106 cm³/mol. The van der Waals surface area contributed by atoms with Gasteiger partial charge in [-0.05, 0) is 35.9 Å². The molecule has 3 rings (SSSR count). The van der Waals surface area contributed by atoms with Crippen LogP contribution in [0.2, 0.25) is 0 Å². The van der Waals surface area contributed by atoms with E-state index in [2.05, 4.69) is 0 Å². The number of carbonyl (C=O) groups excluding carboxylic acids is 1. The summed E-state index contributed by atoms with van der Waals surface area (Å²) in [5.74, 6) is -2.47. The fourth-order valence-corrected chi connectivity index (χ4v) is 3.00. The summed E-state index contributed by atoms with van der Waals surface area (Å²) in [6.45, 7) is -0.691. The van der Waals surface area contributed by atoms with E-state index in [0.717, 1.165) is 18.2 Å². The Labute approximate surface area is 176 Å². The largest absolute Gasteiger partial charge is 0.508 e. The number of ether oxygens (including phenoxy) is 2. The third-order valence-electron chi connectivity index (χ3n) is 4.78. The van der Waals surface area contributed by atoms with Crippen LogP contribution in [0.3, 0.4) is 0 Å². The van der Waals surface area contributed by atoms with Crippen LogP contribution < -0.4 is 4.74 Å². The molecule has 5 atom stereocenters. The zero-order chi connectivity index (χ0) is 22.7. The quantitative estimate of drug-likeness (QED) is 0.239. The zero-order valence-corrected chi connectivity index (χ0v) is 16.1. The van der Waals surface area contributed by atoms with Crippen LogP contribution in [0.4, 0.5) is 0 Å². The molecule has 31 heavy (non-hydrogen) atoms. The van der Waals surface area contributed by atoms with Gasteiger partial charge in [-0.25, -0.2) is 0 Å². The van der Waals surface area contributed by atoms with Gasteiger partial charge in [-0.3, -0.25) is 4.79 Å². The van der Waals surface area contributed by atoms with Crippen molar-refractivity contribution in [2.75, 3.05) is 6.61 Å². The number of phenols is 3. The summed E-state index contributed by atoms with van der Waals surface area (Å²) in [7, 11) is 0. The minimum atomic E-state index is -1.77. The van der Waals surface area contributed by atoms with Crippen molar-refractivity contribution in [1.29, 1.82) is 0 Å². The first kappa shape index (κ1) is 22.5. The van der Waals surface area contributed by atoms with E-state index in [1.54, 1.807) is 12.1 Å². The van der Waals surface area contributed by atoms with E-state index < -0.39 is 60.3 Å². The molecular formula is C21H22O10.